The van der Waals surface area contributed by atoms with Crippen molar-refractivity contribution in [3.05, 3.63) is 60.2 Å². The third kappa shape index (κ3) is 5.91. The lowest BCUT2D eigenvalue weighted by atomic mass is 9.96. The molecule has 0 fully saturated rings. The number of hydrogen-bond donors (Lipinski definition) is 2. The molecule has 8 heteroatoms. The molecule has 2 atom stereocenters. The second kappa shape index (κ2) is 10.9. The quantitative estimate of drug-likeness (QED) is 0.495. The molecule has 2 heterocycles. The van der Waals surface area contributed by atoms with Crippen LogP contribution in [0.3, 0.4) is 0 Å². The maximum Gasteiger partial charge on any atom is 0.244 e. The molecule has 32 heavy (non-hydrogen) atoms. The predicted molar refractivity (Wildman–Crippen MR) is 122 cm³/mol. The number of methoxy groups -OCH3 is 1. The van der Waals surface area contributed by atoms with Gasteiger partial charge in [-0.1, -0.05) is 45.0 Å². The van der Waals surface area contributed by atoms with Gasteiger partial charge in [0.1, 0.15) is 5.75 Å². The van der Waals surface area contributed by atoms with Gasteiger partial charge in [0, 0.05) is 18.0 Å². The molecule has 0 saturated carbocycles. The molecule has 0 saturated heterocycles. The van der Waals surface area contributed by atoms with Crippen molar-refractivity contribution in [2.75, 3.05) is 13.7 Å². The van der Waals surface area contributed by atoms with E-state index in [2.05, 4.69) is 39.6 Å². The molecule has 0 aliphatic heterocycles. The largest absolute Gasteiger partial charge is 0.497 e. The molecule has 0 aliphatic rings. The van der Waals surface area contributed by atoms with E-state index in [1.807, 2.05) is 50.2 Å². The van der Waals surface area contributed by atoms with Crippen LogP contribution in [0.15, 0.2) is 53.3 Å². The molecule has 0 spiro atoms. The van der Waals surface area contributed by atoms with Crippen LogP contribution in [0.25, 0.3) is 11.4 Å². The zero-order valence-corrected chi connectivity index (χ0v) is 19.2. The van der Waals surface area contributed by atoms with Gasteiger partial charge in [-0.2, -0.15) is 4.98 Å². The summed E-state index contributed by atoms with van der Waals surface area (Å²) in [5, 5.41) is 10.5. The molecule has 3 aromatic rings. The Hall–Kier alpha value is -3.26. The normalized spacial score (nSPS) is 13.2. The van der Waals surface area contributed by atoms with Gasteiger partial charge in [0.2, 0.25) is 17.6 Å². The molecule has 1 aromatic carbocycles. The second-order valence-corrected chi connectivity index (χ2v) is 8.36. The van der Waals surface area contributed by atoms with Crippen molar-refractivity contribution in [1.82, 2.24) is 25.8 Å². The maximum absolute atomic E-state index is 12.8. The first-order valence-electron chi connectivity index (χ1n) is 10.8. The van der Waals surface area contributed by atoms with Gasteiger partial charge < -0.3 is 14.6 Å². The molecule has 8 nitrogen and oxygen atoms in total. The molecule has 0 bridgehead atoms. The van der Waals surface area contributed by atoms with Crippen LogP contribution in [0.5, 0.6) is 5.75 Å². The van der Waals surface area contributed by atoms with Crippen LogP contribution in [0, 0.1) is 11.8 Å². The predicted octanol–water partition coefficient (Wildman–Crippen LogP) is 3.94. The smallest absolute Gasteiger partial charge is 0.244 e. The first-order chi connectivity index (χ1) is 15.4. The van der Waals surface area contributed by atoms with Gasteiger partial charge in [-0.05, 0) is 41.7 Å². The van der Waals surface area contributed by atoms with Crippen molar-refractivity contribution in [1.29, 1.82) is 0 Å². The van der Waals surface area contributed by atoms with Crippen molar-refractivity contribution in [3.63, 3.8) is 0 Å². The molecular weight excluding hydrogens is 406 g/mol. The van der Waals surface area contributed by atoms with Crippen LogP contribution in [-0.4, -0.2) is 34.7 Å². The lowest BCUT2D eigenvalue weighted by Gasteiger charge is -2.24. The van der Waals surface area contributed by atoms with Crippen molar-refractivity contribution in [2.45, 2.75) is 39.8 Å². The van der Waals surface area contributed by atoms with E-state index in [-0.39, 0.29) is 36.4 Å². The van der Waals surface area contributed by atoms with E-state index in [0.717, 1.165) is 16.9 Å². The average molecular weight is 438 g/mol. The number of pyridine rings is 1. The van der Waals surface area contributed by atoms with E-state index in [9.17, 15) is 4.79 Å². The number of nitrogens with zero attached hydrogens (tertiary/aromatic N) is 3. The molecule has 1 amide bonds. The summed E-state index contributed by atoms with van der Waals surface area (Å²) in [5.41, 5.74) is 1.86. The van der Waals surface area contributed by atoms with E-state index in [1.54, 1.807) is 19.5 Å². The third-order valence-corrected chi connectivity index (χ3v) is 5.25. The molecule has 170 valence electrons. The summed E-state index contributed by atoms with van der Waals surface area (Å²) in [6, 6.07) is 11.1. The lowest BCUT2D eigenvalue weighted by Crippen LogP contribution is -2.40. The highest BCUT2D eigenvalue weighted by Crippen LogP contribution is 2.25. The van der Waals surface area contributed by atoms with Crippen molar-refractivity contribution < 1.29 is 14.1 Å². The highest BCUT2D eigenvalue weighted by atomic mass is 16.5. The van der Waals surface area contributed by atoms with Crippen LogP contribution >= 0.6 is 0 Å². The summed E-state index contributed by atoms with van der Waals surface area (Å²) in [5.74, 6) is 2.02. The lowest BCUT2D eigenvalue weighted by molar-refractivity contribution is -0.121. The van der Waals surface area contributed by atoms with E-state index >= 15 is 0 Å². The van der Waals surface area contributed by atoms with Gasteiger partial charge in [0.05, 0.1) is 25.7 Å². The highest BCUT2D eigenvalue weighted by molar-refractivity contribution is 5.78. The summed E-state index contributed by atoms with van der Waals surface area (Å²) < 4.78 is 10.7. The first-order valence-corrected chi connectivity index (χ1v) is 10.8. The summed E-state index contributed by atoms with van der Waals surface area (Å²) >= 11 is 0. The number of carbonyl (C=O) groups excluding carboxylic acids is 1. The van der Waals surface area contributed by atoms with Crippen molar-refractivity contribution in [3.8, 4) is 17.1 Å². The minimum absolute atomic E-state index is 0.0981. The Labute approximate surface area is 188 Å². The zero-order chi connectivity index (χ0) is 23.1. The Morgan fingerprint density at radius 1 is 1.00 bits per heavy atom. The number of benzene rings is 1. The summed E-state index contributed by atoms with van der Waals surface area (Å²) in [4.78, 5) is 21.3. The van der Waals surface area contributed by atoms with Gasteiger partial charge >= 0.3 is 0 Å². The molecule has 2 aromatic heterocycles. The number of ether oxygens (including phenoxy) is 1. The number of amides is 1. The fourth-order valence-electron chi connectivity index (χ4n) is 3.46. The highest BCUT2D eigenvalue weighted by Gasteiger charge is 2.25. The van der Waals surface area contributed by atoms with Crippen LogP contribution in [-0.2, 0) is 4.79 Å². The van der Waals surface area contributed by atoms with Gasteiger partial charge in [-0.15, -0.1) is 0 Å². The molecule has 2 N–H and O–H groups in total. The number of carbonyl (C=O) groups is 1. The molecule has 0 radical (unpaired) electrons. The minimum atomic E-state index is -0.248. The Bertz CT molecular complexity index is 986. The van der Waals surface area contributed by atoms with Crippen LogP contribution in [0.1, 0.15) is 51.2 Å². The maximum atomic E-state index is 12.8. The van der Waals surface area contributed by atoms with Crippen LogP contribution in [0.2, 0.25) is 0 Å². The first kappa shape index (κ1) is 23.4. The van der Waals surface area contributed by atoms with Gasteiger partial charge in [-0.3, -0.25) is 15.1 Å². The van der Waals surface area contributed by atoms with Gasteiger partial charge in [0.15, 0.2) is 0 Å². The number of hydrogen-bond acceptors (Lipinski definition) is 7. The van der Waals surface area contributed by atoms with E-state index in [1.165, 1.54) is 0 Å². The summed E-state index contributed by atoms with van der Waals surface area (Å²) in [6.07, 6.45) is 3.36. The van der Waals surface area contributed by atoms with E-state index < -0.39 is 0 Å². The van der Waals surface area contributed by atoms with E-state index in [4.69, 9.17) is 9.26 Å². The fourth-order valence-corrected chi connectivity index (χ4v) is 3.46. The van der Waals surface area contributed by atoms with Crippen molar-refractivity contribution >= 4 is 5.91 Å². The number of rotatable bonds is 10. The van der Waals surface area contributed by atoms with Crippen molar-refractivity contribution in [2.24, 2.45) is 11.8 Å². The minimum Gasteiger partial charge on any atom is -0.497 e. The second-order valence-electron chi connectivity index (χ2n) is 8.36. The molecule has 3 rings (SSSR count). The topological polar surface area (TPSA) is 102 Å². The standard InChI is InChI=1S/C24H31N5O3/c1-15(2)21(17-6-8-19(31-5)9-7-17)27-20(30)14-26-22(16(3)4)24-28-23(29-32-24)18-10-12-25-13-11-18/h6-13,15-16,21-22,26H,14H2,1-5H3,(H,27,30)/t21-,22-/m0/s1. The Morgan fingerprint density at radius 2 is 1.66 bits per heavy atom. The fraction of sp³-hybridized carbons (Fsp3) is 0.417. The monoisotopic (exact) mass is 437 g/mol. The van der Waals surface area contributed by atoms with E-state index in [0.29, 0.717) is 11.7 Å². The Balaban J connectivity index is 1.64. The SMILES string of the molecule is COc1ccc([C@@H](NC(=O)CN[C@H](c2nc(-c3ccncc3)no2)C(C)C)C(C)C)cc1. The zero-order valence-electron chi connectivity index (χ0n) is 19.2. The summed E-state index contributed by atoms with van der Waals surface area (Å²) in [6.45, 7) is 8.38. The number of aromatic nitrogens is 3. The summed E-state index contributed by atoms with van der Waals surface area (Å²) in [7, 11) is 1.64. The van der Waals surface area contributed by atoms with Gasteiger partial charge in [-0.25, -0.2) is 0 Å². The van der Waals surface area contributed by atoms with Gasteiger partial charge in [0.25, 0.3) is 0 Å². The Kier molecular flexibility index (Phi) is 7.94. The number of nitrogens with one attached hydrogen (secondary N) is 2. The Morgan fingerprint density at radius 3 is 2.25 bits per heavy atom. The third-order valence-electron chi connectivity index (χ3n) is 5.25. The molecular formula is C24H31N5O3. The average Bonchev–Trinajstić information content (AvgIpc) is 3.28. The van der Waals surface area contributed by atoms with Crippen LogP contribution in [0.4, 0.5) is 0 Å². The van der Waals surface area contributed by atoms with Crippen LogP contribution < -0.4 is 15.4 Å². The molecule has 0 aliphatic carbocycles. The molecule has 0 unspecified atom stereocenters.